The van der Waals surface area contributed by atoms with E-state index in [1.54, 1.807) is 0 Å². The number of anilines is 1. The molecular formula is C16H17FN4O4. The molecule has 1 aliphatic carbocycles. The van der Waals surface area contributed by atoms with E-state index >= 15 is 0 Å². The van der Waals surface area contributed by atoms with E-state index in [2.05, 4.69) is 15.0 Å². The predicted molar refractivity (Wildman–Crippen MR) is 87.1 cm³/mol. The normalized spacial score (nSPS) is 17.7. The topological polar surface area (TPSA) is 96.2 Å². The van der Waals surface area contributed by atoms with Crippen molar-refractivity contribution in [2.75, 3.05) is 31.1 Å². The Balaban J connectivity index is 1.90. The van der Waals surface area contributed by atoms with Gasteiger partial charge < -0.3 is 20.1 Å². The van der Waals surface area contributed by atoms with Gasteiger partial charge in [-0.15, -0.1) is 0 Å². The molecule has 2 fully saturated rings. The van der Waals surface area contributed by atoms with E-state index in [1.807, 2.05) is 4.90 Å². The van der Waals surface area contributed by atoms with Gasteiger partial charge in [-0.3, -0.25) is 9.20 Å². The smallest absolute Gasteiger partial charge is 0.449 e. The Morgan fingerprint density at radius 1 is 1.36 bits per heavy atom. The number of aromatic nitrogens is 2. The van der Waals surface area contributed by atoms with Gasteiger partial charge >= 0.3 is 6.16 Å². The molecule has 1 saturated heterocycles. The van der Waals surface area contributed by atoms with Crippen molar-refractivity contribution >= 4 is 17.6 Å². The number of rotatable bonds is 3. The van der Waals surface area contributed by atoms with Crippen LogP contribution < -0.4 is 20.5 Å². The Bertz CT molecular complexity index is 903. The molecule has 2 aromatic heterocycles. The zero-order valence-electron chi connectivity index (χ0n) is 13.4. The van der Waals surface area contributed by atoms with Crippen LogP contribution in [0.3, 0.4) is 0 Å². The predicted octanol–water partition coefficient (Wildman–Crippen LogP) is 1.18. The van der Waals surface area contributed by atoms with Crippen LogP contribution in [-0.2, 0) is 0 Å². The Hall–Kier alpha value is -2.68. The maximum atomic E-state index is 14.6. The Labute approximate surface area is 141 Å². The van der Waals surface area contributed by atoms with Crippen molar-refractivity contribution in [1.29, 1.82) is 0 Å². The van der Waals surface area contributed by atoms with Crippen LogP contribution >= 0.6 is 0 Å². The first-order chi connectivity index (χ1) is 12.0. The lowest BCUT2D eigenvalue weighted by atomic mass is 10.1. The minimum Gasteiger partial charge on any atom is -0.449 e. The molecule has 25 heavy (non-hydrogen) atoms. The van der Waals surface area contributed by atoms with Crippen LogP contribution in [0, 0.1) is 5.82 Å². The minimum atomic E-state index is -1.58. The quantitative estimate of drug-likeness (QED) is 0.804. The van der Waals surface area contributed by atoms with Gasteiger partial charge in [-0.25, -0.2) is 14.2 Å². The second-order valence-electron chi connectivity index (χ2n) is 6.25. The summed E-state index contributed by atoms with van der Waals surface area (Å²) in [6.45, 7) is 2.73. The van der Waals surface area contributed by atoms with E-state index in [4.69, 9.17) is 5.11 Å². The third kappa shape index (κ3) is 2.91. The Kier molecular flexibility index (Phi) is 3.79. The summed E-state index contributed by atoms with van der Waals surface area (Å²) < 4.78 is 20.2. The van der Waals surface area contributed by atoms with Crippen molar-refractivity contribution in [3.63, 3.8) is 0 Å². The van der Waals surface area contributed by atoms with Crippen molar-refractivity contribution in [3.8, 4) is 5.75 Å². The van der Waals surface area contributed by atoms with Crippen LogP contribution in [0.15, 0.2) is 17.1 Å². The molecule has 0 spiro atoms. The summed E-state index contributed by atoms with van der Waals surface area (Å²) in [6.07, 6.45) is 1.33. The molecular weight excluding hydrogens is 331 g/mol. The molecule has 8 nitrogen and oxygen atoms in total. The fourth-order valence-electron chi connectivity index (χ4n) is 3.14. The van der Waals surface area contributed by atoms with Gasteiger partial charge in [-0.1, -0.05) is 0 Å². The maximum absolute atomic E-state index is 14.6. The lowest BCUT2D eigenvalue weighted by Crippen LogP contribution is -2.44. The molecule has 4 rings (SSSR count). The van der Waals surface area contributed by atoms with Crippen LogP contribution in [0.5, 0.6) is 5.75 Å². The second-order valence-corrected chi connectivity index (χ2v) is 6.25. The Morgan fingerprint density at radius 3 is 2.72 bits per heavy atom. The molecule has 1 saturated carbocycles. The van der Waals surface area contributed by atoms with Crippen LogP contribution in [0.1, 0.15) is 24.3 Å². The SMILES string of the molecule is O=C(O)Oc1cc(C2CC2)c2nc(N3CCNCC3)c(F)cn2c1=O. The number of nitrogens with one attached hydrogen (secondary N) is 1. The van der Waals surface area contributed by atoms with Crippen molar-refractivity contribution in [1.82, 2.24) is 14.7 Å². The van der Waals surface area contributed by atoms with Gasteiger partial charge in [0.2, 0.25) is 5.75 Å². The highest BCUT2D eigenvalue weighted by molar-refractivity contribution is 5.63. The third-order valence-corrected chi connectivity index (χ3v) is 4.50. The summed E-state index contributed by atoms with van der Waals surface area (Å²) in [7, 11) is 0. The summed E-state index contributed by atoms with van der Waals surface area (Å²) in [5.74, 6) is -0.552. The van der Waals surface area contributed by atoms with Gasteiger partial charge in [0.05, 0.1) is 6.20 Å². The van der Waals surface area contributed by atoms with E-state index in [-0.39, 0.29) is 17.5 Å². The summed E-state index contributed by atoms with van der Waals surface area (Å²) in [5, 5.41) is 12.0. The fourth-order valence-corrected chi connectivity index (χ4v) is 3.14. The van der Waals surface area contributed by atoms with E-state index in [0.717, 1.165) is 36.5 Å². The van der Waals surface area contributed by atoms with Crippen LogP contribution in [0.25, 0.3) is 5.65 Å². The van der Waals surface area contributed by atoms with E-state index < -0.39 is 17.5 Å². The third-order valence-electron chi connectivity index (χ3n) is 4.50. The van der Waals surface area contributed by atoms with E-state index in [9.17, 15) is 14.0 Å². The van der Waals surface area contributed by atoms with Gasteiger partial charge in [0.1, 0.15) is 5.65 Å². The maximum Gasteiger partial charge on any atom is 0.511 e. The molecule has 2 N–H and O–H groups in total. The Morgan fingerprint density at radius 2 is 2.08 bits per heavy atom. The summed E-state index contributed by atoms with van der Waals surface area (Å²) >= 11 is 0. The van der Waals surface area contributed by atoms with Gasteiger partial charge in [0, 0.05) is 31.7 Å². The molecule has 0 amide bonds. The molecule has 0 bridgehead atoms. The highest BCUT2D eigenvalue weighted by Crippen LogP contribution is 2.42. The van der Waals surface area contributed by atoms with Crippen LogP contribution in [0.2, 0.25) is 0 Å². The number of carboxylic acid groups (broad SMARTS) is 1. The van der Waals surface area contributed by atoms with Gasteiger partial charge in [-0.05, 0) is 24.8 Å². The highest BCUT2D eigenvalue weighted by Gasteiger charge is 2.30. The number of carbonyl (C=O) groups is 1. The number of hydrogen-bond acceptors (Lipinski definition) is 6. The van der Waals surface area contributed by atoms with Crippen LogP contribution in [-0.4, -0.2) is 46.8 Å². The molecule has 0 atom stereocenters. The summed E-state index contributed by atoms with van der Waals surface area (Å²) in [6, 6.07) is 1.43. The standard InChI is InChI=1S/C16H17FN4O4/c17-11-8-21-13(19-14(11)20-5-3-18-4-6-20)10(9-1-2-9)7-12(15(21)22)25-16(23)24/h7-9,18H,1-6H2,(H,23,24). The van der Waals surface area contributed by atoms with Crippen molar-refractivity contribution < 1.29 is 19.0 Å². The summed E-state index contributed by atoms with van der Waals surface area (Å²) in [4.78, 5) is 29.5. The first-order valence-corrected chi connectivity index (χ1v) is 8.17. The average molecular weight is 348 g/mol. The minimum absolute atomic E-state index is 0.181. The molecule has 3 heterocycles. The van der Waals surface area contributed by atoms with Gasteiger partial charge in [0.15, 0.2) is 11.6 Å². The zero-order chi connectivity index (χ0) is 17.6. The van der Waals surface area contributed by atoms with Gasteiger partial charge in [0.25, 0.3) is 5.56 Å². The monoisotopic (exact) mass is 348 g/mol. The largest absolute Gasteiger partial charge is 0.511 e. The highest BCUT2D eigenvalue weighted by atomic mass is 19.1. The number of nitrogens with zero attached hydrogens (tertiary/aromatic N) is 3. The van der Waals surface area contributed by atoms with Crippen molar-refractivity contribution in [2.45, 2.75) is 18.8 Å². The average Bonchev–Trinajstić information content (AvgIpc) is 3.42. The van der Waals surface area contributed by atoms with E-state index in [0.29, 0.717) is 24.3 Å². The molecule has 132 valence electrons. The molecule has 0 aromatic carbocycles. The summed E-state index contributed by atoms with van der Waals surface area (Å²) in [5.41, 5.74) is 0.340. The molecule has 0 radical (unpaired) electrons. The van der Waals surface area contributed by atoms with Gasteiger partial charge in [-0.2, -0.15) is 0 Å². The van der Waals surface area contributed by atoms with Crippen molar-refractivity contribution in [2.24, 2.45) is 0 Å². The number of hydrogen-bond donors (Lipinski definition) is 2. The molecule has 2 aromatic rings. The lowest BCUT2D eigenvalue weighted by molar-refractivity contribution is 0.143. The van der Waals surface area contributed by atoms with E-state index in [1.165, 1.54) is 6.07 Å². The second kappa shape index (κ2) is 5.99. The number of halogens is 1. The molecule has 9 heteroatoms. The first kappa shape index (κ1) is 15.8. The first-order valence-electron chi connectivity index (χ1n) is 8.17. The molecule has 1 aliphatic heterocycles. The number of piperazine rings is 1. The molecule has 2 aliphatic rings. The number of pyridine rings is 1. The number of ether oxygens (including phenoxy) is 1. The fraction of sp³-hybridized carbons (Fsp3) is 0.438. The lowest BCUT2D eigenvalue weighted by Gasteiger charge is -2.29. The molecule has 0 unspecified atom stereocenters. The zero-order valence-corrected chi connectivity index (χ0v) is 13.4. The number of fused-ring (bicyclic) bond motifs is 1. The van der Waals surface area contributed by atoms with Crippen molar-refractivity contribution in [3.05, 3.63) is 34.0 Å². The van der Waals surface area contributed by atoms with Crippen LogP contribution in [0.4, 0.5) is 15.0 Å².